The molecular weight excluding hydrogens is 442 g/mol. The summed E-state index contributed by atoms with van der Waals surface area (Å²) in [4.78, 5) is 39.9. The van der Waals surface area contributed by atoms with Crippen LogP contribution in [0.1, 0.15) is 47.2 Å². The number of amides is 1. The fourth-order valence-corrected chi connectivity index (χ4v) is 5.15. The summed E-state index contributed by atoms with van der Waals surface area (Å²) in [6.07, 6.45) is 6.93. The van der Waals surface area contributed by atoms with E-state index in [1.54, 1.807) is 6.20 Å². The average molecular weight is 476 g/mol. The van der Waals surface area contributed by atoms with E-state index < -0.39 is 0 Å². The lowest BCUT2D eigenvalue weighted by Crippen LogP contribution is -2.49. The van der Waals surface area contributed by atoms with E-state index in [1.807, 2.05) is 31.2 Å². The molecule has 184 valence electrons. The van der Waals surface area contributed by atoms with Crippen LogP contribution in [0.25, 0.3) is 11.0 Å². The molecule has 0 atom stereocenters. The number of piperazine rings is 1. The van der Waals surface area contributed by atoms with E-state index >= 15 is 0 Å². The molecule has 1 saturated heterocycles. The quantitative estimate of drug-likeness (QED) is 0.388. The molecule has 0 unspecified atom stereocenters. The lowest BCUT2D eigenvalue weighted by Gasteiger charge is -2.31. The minimum Gasteiger partial charge on any atom is -0.367 e. The number of carbonyl (C=O) groups is 2. The molecule has 3 heterocycles. The Labute approximate surface area is 205 Å². The first-order valence-corrected chi connectivity index (χ1v) is 12.5. The van der Waals surface area contributed by atoms with Crippen molar-refractivity contribution in [1.29, 1.82) is 0 Å². The van der Waals surface area contributed by atoms with E-state index in [9.17, 15) is 9.59 Å². The Morgan fingerprint density at radius 3 is 2.54 bits per heavy atom. The van der Waals surface area contributed by atoms with Crippen molar-refractivity contribution >= 4 is 28.5 Å². The molecule has 9 heteroatoms. The number of nitrogens with zero attached hydrogens (tertiary/aromatic N) is 3. The van der Waals surface area contributed by atoms with Gasteiger partial charge in [-0.15, -0.1) is 0 Å². The standard InChI is InChI=1S/C26H33N7O2/c1-17-4-2-3-5-20(17)24(35)21-14-28-25-23(21)26(30-16-29-25)32-19-8-6-18(7-9-19)31-22(34)15-33-12-10-27-11-13-33/h2-5,14,16,18-19,27H,6-13,15H2,1H3,(H,31,34)(H2,28,29,30,32). The van der Waals surface area contributed by atoms with Crippen molar-refractivity contribution in [3.63, 3.8) is 0 Å². The predicted octanol–water partition coefficient (Wildman–Crippen LogP) is 2.24. The van der Waals surface area contributed by atoms with Crippen LogP contribution in [0, 0.1) is 6.92 Å². The molecule has 1 amide bonds. The number of aryl methyl sites for hydroxylation is 1. The SMILES string of the molecule is Cc1ccccc1C(=O)c1c[nH]c2ncnc(NC3CCC(NC(=O)CN4CCNCC4)CC3)c12. The number of anilines is 1. The van der Waals surface area contributed by atoms with Crippen molar-refractivity contribution in [1.82, 2.24) is 30.5 Å². The fourth-order valence-electron chi connectivity index (χ4n) is 5.15. The van der Waals surface area contributed by atoms with Crippen LogP contribution in [0.3, 0.4) is 0 Å². The molecule has 5 rings (SSSR count). The first kappa shape index (κ1) is 23.4. The Kier molecular flexibility index (Phi) is 7.06. The Morgan fingerprint density at radius 2 is 1.77 bits per heavy atom. The van der Waals surface area contributed by atoms with Crippen LogP contribution >= 0.6 is 0 Å². The zero-order valence-corrected chi connectivity index (χ0v) is 20.1. The van der Waals surface area contributed by atoms with E-state index in [4.69, 9.17) is 0 Å². The molecule has 1 aromatic carbocycles. The van der Waals surface area contributed by atoms with Gasteiger partial charge in [0, 0.05) is 50.0 Å². The number of hydrogen-bond acceptors (Lipinski definition) is 7. The van der Waals surface area contributed by atoms with Crippen molar-refractivity contribution < 1.29 is 9.59 Å². The number of aromatic nitrogens is 3. The zero-order valence-electron chi connectivity index (χ0n) is 20.1. The third-order valence-electron chi connectivity index (χ3n) is 7.11. The molecule has 0 radical (unpaired) electrons. The summed E-state index contributed by atoms with van der Waals surface area (Å²) in [5, 5.41) is 10.8. The smallest absolute Gasteiger partial charge is 0.234 e. The summed E-state index contributed by atoms with van der Waals surface area (Å²) >= 11 is 0. The van der Waals surface area contributed by atoms with Crippen molar-refractivity contribution in [3.8, 4) is 0 Å². The lowest BCUT2D eigenvalue weighted by atomic mass is 9.91. The van der Waals surface area contributed by atoms with E-state index in [2.05, 4.69) is 35.8 Å². The summed E-state index contributed by atoms with van der Waals surface area (Å²) in [6.45, 7) is 6.15. The Bertz CT molecular complexity index is 1190. The van der Waals surface area contributed by atoms with Crippen molar-refractivity contribution in [2.45, 2.75) is 44.7 Å². The number of nitrogens with one attached hydrogen (secondary N) is 4. The van der Waals surface area contributed by atoms with E-state index in [-0.39, 0.29) is 23.8 Å². The maximum absolute atomic E-state index is 13.3. The number of hydrogen-bond donors (Lipinski definition) is 4. The number of carbonyl (C=O) groups excluding carboxylic acids is 2. The van der Waals surface area contributed by atoms with Crippen LogP contribution in [-0.4, -0.2) is 76.3 Å². The highest BCUT2D eigenvalue weighted by molar-refractivity contribution is 6.18. The van der Waals surface area contributed by atoms with Crippen molar-refractivity contribution in [2.75, 3.05) is 38.0 Å². The normalized spacial score (nSPS) is 21.1. The van der Waals surface area contributed by atoms with Gasteiger partial charge in [0.1, 0.15) is 17.8 Å². The van der Waals surface area contributed by atoms with Gasteiger partial charge in [0.25, 0.3) is 0 Å². The third kappa shape index (κ3) is 5.36. The molecule has 1 aliphatic heterocycles. The van der Waals surface area contributed by atoms with Crippen molar-refractivity contribution in [3.05, 3.63) is 53.5 Å². The number of ketones is 1. The number of aromatic amines is 1. The summed E-state index contributed by atoms with van der Waals surface area (Å²) < 4.78 is 0. The summed E-state index contributed by atoms with van der Waals surface area (Å²) in [5.41, 5.74) is 2.84. The molecule has 4 N–H and O–H groups in total. The fraction of sp³-hybridized carbons (Fsp3) is 0.462. The second-order valence-electron chi connectivity index (χ2n) is 9.58. The number of H-pyrrole nitrogens is 1. The Balaban J connectivity index is 1.22. The van der Waals surface area contributed by atoms with Gasteiger partial charge in [0.05, 0.1) is 17.5 Å². The summed E-state index contributed by atoms with van der Waals surface area (Å²) in [7, 11) is 0. The van der Waals surface area contributed by atoms with Gasteiger partial charge in [-0.25, -0.2) is 9.97 Å². The Hall–Kier alpha value is -3.30. The minimum atomic E-state index is -0.0388. The highest BCUT2D eigenvalue weighted by Gasteiger charge is 2.25. The molecule has 0 bridgehead atoms. The monoisotopic (exact) mass is 475 g/mol. The van der Waals surface area contributed by atoms with E-state index in [0.29, 0.717) is 29.1 Å². The van der Waals surface area contributed by atoms with Crippen LogP contribution in [0.15, 0.2) is 36.8 Å². The summed E-state index contributed by atoms with van der Waals surface area (Å²) in [5.74, 6) is 0.759. The van der Waals surface area contributed by atoms with Crippen LogP contribution in [0.5, 0.6) is 0 Å². The molecule has 1 aliphatic carbocycles. The molecule has 35 heavy (non-hydrogen) atoms. The Morgan fingerprint density at radius 1 is 1.03 bits per heavy atom. The first-order chi connectivity index (χ1) is 17.1. The largest absolute Gasteiger partial charge is 0.367 e. The van der Waals surface area contributed by atoms with Gasteiger partial charge >= 0.3 is 0 Å². The maximum Gasteiger partial charge on any atom is 0.234 e. The second kappa shape index (κ2) is 10.5. The van der Waals surface area contributed by atoms with Crippen LogP contribution in [-0.2, 0) is 4.79 Å². The van der Waals surface area contributed by atoms with Gasteiger partial charge in [-0.1, -0.05) is 24.3 Å². The number of fused-ring (bicyclic) bond motifs is 1. The first-order valence-electron chi connectivity index (χ1n) is 12.5. The summed E-state index contributed by atoms with van der Waals surface area (Å²) in [6, 6.07) is 8.04. The lowest BCUT2D eigenvalue weighted by molar-refractivity contribution is -0.123. The highest BCUT2D eigenvalue weighted by atomic mass is 16.2. The van der Waals surface area contributed by atoms with Crippen LogP contribution in [0.2, 0.25) is 0 Å². The third-order valence-corrected chi connectivity index (χ3v) is 7.11. The van der Waals surface area contributed by atoms with Gasteiger partial charge < -0.3 is 20.9 Å². The molecule has 0 spiro atoms. The van der Waals surface area contributed by atoms with Crippen molar-refractivity contribution in [2.24, 2.45) is 0 Å². The molecular formula is C26H33N7O2. The molecule has 2 aliphatic rings. The van der Waals surface area contributed by atoms with E-state index in [0.717, 1.165) is 62.8 Å². The van der Waals surface area contributed by atoms with Gasteiger partial charge in [0.15, 0.2) is 5.78 Å². The minimum absolute atomic E-state index is 0.0388. The number of rotatable bonds is 7. The topological polar surface area (TPSA) is 115 Å². The molecule has 1 saturated carbocycles. The zero-order chi connectivity index (χ0) is 24.2. The van der Waals surface area contributed by atoms with Gasteiger partial charge in [-0.05, 0) is 38.2 Å². The second-order valence-corrected chi connectivity index (χ2v) is 9.58. The van der Waals surface area contributed by atoms with Crippen LogP contribution < -0.4 is 16.0 Å². The van der Waals surface area contributed by atoms with Gasteiger partial charge in [0.2, 0.25) is 5.91 Å². The van der Waals surface area contributed by atoms with E-state index in [1.165, 1.54) is 6.33 Å². The predicted molar refractivity (Wildman–Crippen MR) is 136 cm³/mol. The van der Waals surface area contributed by atoms with Gasteiger partial charge in [-0.2, -0.15) is 0 Å². The van der Waals surface area contributed by atoms with Crippen LogP contribution in [0.4, 0.5) is 5.82 Å². The highest BCUT2D eigenvalue weighted by Crippen LogP contribution is 2.29. The number of benzene rings is 1. The van der Waals surface area contributed by atoms with Gasteiger partial charge in [-0.3, -0.25) is 14.5 Å². The molecule has 2 aromatic heterocycles. The molecule has 3 aromatic rings. The molecule has 2 fully saturated rings. The maximum atomic E-state index is 13.3. The average Bonchev–Trinajstić information content (AvgIpc) is 3.31. The molecule has 9 nitrogen and oxygen atoms in total.